The quantitative estimate of drug-likeness (QED) is 0.649. The zero-order valence-corrected chi connectivity index (χ0v) is 16.9. The largest absolute Gasteiger partial charge is 0.483 e. The van der Waals surface area contributed by atoms with E-state index in [9.17, 15) is 9.59 Å². The third-order valence-electron chi connectivity index (χ3n) is 4.15. The molecule has 0 spiro atoms. The van der Waals surface area contributed by atoms with Crippen LogP contribution < -0.4 is 15.4 Å². The number of hydrogen-bond donors (Lipinski definition) is 2. The van der Waals surface area contributed by atoms with Crippen LogP contribution in [-0.4, -0.2) is 38.7 Å². The zero-order chi connectivity index (χ0) is 20.5. The Labute approximate surface area is 166 Å². The van der Waals surface area contributed by atoms with Crippen LogP contribution in [0.3, 0.4) is 0 Å². The minimum absolute atomic E-state index is 0.104. The predicted molar refractivity (Wildman–Crippen MR) is 110 cm³/mol. The van der Waals surface area contributed by atoms with Crippen molar-refractivity contribution in [1.29, 1.82) is 0 Å². The van der Waals surface area contributed by atoms with Crippen molar-refractivity contribution in [2.75, 3.05) is 32.2 Å². The van der Waals surface area contributed by atoms with Crippen LogP contribution in [0.1, 0.15) is 41.3 Å². The van der Waals surface area contributed by atoms with Crippen molar-refractivity contribution >= 4 is 17.5 Å². The number of methoxy groups -OCH3 is 1. The van der Waals surface area contributed by atoms with Crippen molar-refractivity contribution in [2.45, 2.75) is 26.7 Å². The molecule has 2 amide bonds. The van der Waals surface area contributed by atoms with E-state index in [4.69, 9.17) is 9.47 Å². The molecule has 2 rings (SSSR count). The molecule has 6 heteroatoms. The Morgan fingerprint density at radius 2 is 1.89 bits per heavy atom. The summed E-state index contributed by atoms with van der Waals surface area (Å²) in [6.07, 6.45) is 0. The summed E-state index contributed by atoms with van der Waals surface area (Å²) in [5.41, 5.74) is 3.15. The molecule has 0 aliphatic carbocycles. The first kappa shape index (κ1) is 21.4. The highest BCUT2D eigenvalue weighted by atomic mass is 16.5. The highest BCUT2D eigenvalue weighted by Gasteiger charge is 2.11. The van der Waals surface area contributed by atoms with Crippen LogP contribution in [0.5, 0.6) is 5.75 Å². The molecule has 0 saturated carbocycles. The lowest BCUT2D eigenvalue weighted by atomic mass is 10.0. The first-order chi connectivity index (χ1) is 13.4. The number of carbonyl (C=O) groups excluding carboxylic acids is 2. The normalized spacial score (nSPS) is 10.6. The lowest BCUT2D eigenvalue weighted by molar-refractivity contribution is -0.118. The summed E-state index contributed by atoms with van der Waals surface area (Å²) < 4.78 is 10.7. The molecule has 0 aromatic heterocycles. The van der Waals surface area contributed by atoms with Gasteiger partial charge in [-0.15, -0.1) is 0 Å². The molecule has 150 valence electrons. The van der Waals surface area contributed by atoms with E-state index >= 15 is 0 Å². The fraction of sp³-hybridized carbons (Fsp3) is 0.364. The first-order valence-corrected chi connectivity index (χ1v) is 9.31. The van der Waals surface area contributed by atoms with Gasteiger partial charge < -0.3 is 20.1 Å². The second kappa shape index (κ2) is 10.5. The minimum atomic E-state index is -0.284. The summed E-state index contributed by atoms with van der Waals surface area (Å²) in [7, 11) is 1.57. The molecule has 0 saturated heterocycles. The average molecular weight is 384 g/mol. The Kier molecular flexibility index (Phi) is 8.02. The molecule has 0 heterocycles. The summed E-state index contributed by atoms with van der Waals surface area (Å²) >= 11 is 0. The number of hydrogen-bond acceptors (Lipinski definition) is 4. The Bertz CT molecular complexity index is 818. The molecule has 6 nitrogen and oxygen atoms in total. The molecule has 0 fully saturated rings. The standard InChI is InChI=1S/C22H28N2O4/c1-15(2)19-9-8-16(3)12-20(19)28-14-21(25)24-18-7-5-6-17(13-18)22(26)23-10-11-27-4/h5-9,12-13,15H,10-11,14H2,1-4H3,(H,23,26)(H,24,25). The van der Waals surface area contributed by atoms with E-state index in [0.717, 1.165) is 16.9 Å². The van der Waals surface area contributed by atoms with Crippen LogP contribution in [0.2, 0.25) is 0 Å². The number of rotatable bonds is 9. The minimum Gasteiger partial charge on any atom is -0.483 e. The maximum atomic E-state index is 12.3. The summed E-state index contributed by atoms with van der Waals surface area (Å²) in [6, 6.07) is 12.8. The van der Waals surface area contributed by atoms with Gasteiger partial charge in [-0.05, 0) is 48.2 Å². The van der Waals surface area contributed by atoms with Crippen LogP contribution in [0.25, 0.3) is 0 Å². The van der Waals surface area contributed by atoms with Gasteiger partial charge in [-0.1, -0.05) is 32.0 Å². The number of aryl methyl sites for hydroxylation is 1. The van der Waals surface area contributed by atoms with Crippen molar-refractivity contribution in [3.05, 3.63) is 59.2 Å². The van der Waals surface area contributed by atoms with Gasteiger partial charge in [0.2, 0.25) is 0 Å². The molecule has 28 heavy (non-hydrogen) atoms. The number of benzene rings is 2. The van der Waals surface area contributed by atoms with Crippen LogP contribution in [-0.2, 0) is 9.53 Å². The van der Waals surface area contributed by atoms with Crippen LogP contribution in [0.4, 0.5) is 5.69 Å². The number of amides is 2. The van der Waals surface area contributed by atoms with Gasteiger partial charge >= 0.3 is 0 Å². The van der Waals surface area contributed by atoms with E-state index < -0.39 is 0 Å². The van der Waals surface area contributed by atoms with E-state index in [1.54, 1.807) is 31.4 Å². The maximum absolute atomic E-state index is 12.3. The summed E-state index contributed by atoms with van der Waals surface area (Å²) in [4.78, 5) is 24.4. The molecule has 0 aliphatic rings. The molecule has 0 atom stereocenters. The number of ether oxygens (including phenoxy) is 2. The SMILES string of the molecule is COCCNC(=O)c1cccc(NC(=O)COc2cc(C)ccc2C(C)C)c1. The first-order valence-electron chi connectivity index (χ1n) is 9.31. The van der Waals surface area contributed by atoms with Gasteiger partial charge in [0.05, 0.1) is 6.61 Å². The predicted octanol–water partition coefficient (Wildman–Crippen LogP) is 3.51. The average Bonchev–Trinajstić information content (AvgIpc) is 2.66. The number of carbonyl (C=O) groups is 2. The smallest absolute Gasteiger partial charge is 0.262 e. The Morgan fingerprint density at radius 1 is 1.11 bits per heavy atom. The maximum Gasteiger partial charge on any atom is 0.262 e. The molecule has 0 bridgehead atoms. The van der Waals surface area contributed by atoms with Crippen molar-refractivity contribution < 1.29 is 19.1 Å². The summed E-state index contributed by atoms with van der Waals surface area (Å²) in [6.45, 7) is 6.92. The Hall–Kier alpha value is -2.86. The molecule has 2 aromatic rings. The van der Waals surface area contributed by atoms with E-state index in [1.807, 2.05) is 25.1 Å². The Morgan fingerprint density at radius 3 is 2.61 bits per heavy atom. The van der Waals surface area contributed by atoms with Gasteiger partial charge in [-0.2, -0.15) is 0 Å². The Balaban J connectivity index is 1.96. The second-order valence-electron chi connectivity index (χ2n) is 6.86. The monoisotopic (exact) mass is 384 g/mol. The van der Waals surface area contributed by atoms with Gasteiger partial charge in [-0.3, -0.25) is 9.59 Å². The van der Waals surface area contributed by atoms with E-state index in [0.29, 0.717) is 30.3 Å². The lowest BCUT2D eigenvalue weighted by Crippen LogP contribution is -2.27. The topological polar surface area (TPSA) is 76.7 Å². The van der Waals surface area contributed by atoms with Gasteiger partial charge in [0.15, 0.2) is 6.61 Å². The zero-order valence-electron chi connectivity index (χ0n) is 16.9. The molecule has 0 aliphatic heterocycles. The highest BCUT2D eigenvalue weighted by molar-refractivity contribution is 5.97. The van der Waals surface area contributed by atoms with Crippen LogP contribution >= 0.6 is 0 Å². The fourth-order valence-electron chi connectivity index (χ4n) is 2.69. The van der Waals surface area contributed by atoms with E-state index in [1.165, 1.54) is 0 Å². The van der Waals surface area contributed by atoms with Gasteiger partial charge in [0.1, 0.15) is 5.75 Å². The van der Waals surface area contributed by atoms with E-state index in [-0.39, 0.29) is 18.4 Å². The van der Waals surface area contributed by atoms with Gasteiger partial charge in [0, 0.05) is 24.9 Å². The van der Waals surface area contributed by atoms with Crippen molar-refractivity contribution in [3.63, 3.8) is 0 Å². The fourth-order valence-corrected chi connectivity index (χ4v) is 2.69. The highest BCUT2D eigenvalue weighted by Crippen LogP contribution is 2.27. The van der Waals surface area contributed by atoms with Crippen LogP contribution in [0, 0.1) is 6.92 Å². The summed E-state index contributed by atoms with van der Waals surface area (Å²) in [5, 5.41) is 5.52. The third kappa shape index (κ3) is 6.39. The lowest BCUT2D eigenvalue weighted by Gasteiger charge is -2.15. The van der Waals surface area contributed by atoms with Crippen molar-refractivity contribution in [2.24, 2.45) is 0 Å². The number of nitrogens with one attached hydrogen (secondary N) is 2. The molecular weight excluding hydrogens is 356 g/mol. The van der Waals surface area contributed by atoms with Crippen molar-refractivity contribution in [3.8, 4) is 5.75 Å². The molecule has 2 aromatic carbocycles. The van der Waals surface area contributed by atoms with Gasteiger partial charge in [-0.25, -0.2) is 0 Å². The van der Waals surface area contributed by atoms with Crippen LogP contribution in [0.15, 0.2) is 42.5 Å². The molecule has 0 radical (unpaired) electrons. The third-order valence-corrected chi connectivity index (χ3v) is 4.15. The van der Waals surface area contributed by atoms with Gasteiger partial charge in [0.25, 0.3) is 11.8 Å². The van der Waals surface area contributed by atoms with E-state index in [2.05, 4.69) is 24.5 Å². The summed E-state index contributed by atoms with van der Waals surface area (Å²) in [5.74, 6) is 0.516. The molecular formula is C22H28N2O4. The molecule has 2 N–H and O–H groups in total. The molecule has 0 unspecified atom stereocenters. The number of anilines is 1. The second-order valence-corrected chi connectivity index (χ2v) is 6.86. The van der Waals surface area contributed by atoms with Crippen molar-refractivity contribution in [1.82, 2.24) is 5.32 Å².